The molecule has 1 N–H and O–H groups in total. The molecule has 0 saturated heterocycles. The lowest BCUT2D eigenvalue weighted by atomic mass is 10.1. The molecular formula is C14H15NO6. The fourth-order valence-corrected chi connectivity index (χ4v) is 1.61. The molecule has 0 aromatic heterocycles. The van der Waals surface area contributed by atoms with Gasteiger partial charge in [-0.3, -0.25) is 19.2 Å². The minimum absolute atomic E-state index is 0.0702. The molecule has 0 fully saturated rings. The van der Waals surface area contributed by atoms with Crippen LogP contribution in [0.5, 0.6) is 5.75 Å². The summed E-state index contributed by atoms with van der Waals surface area (Å²) < 4.78 is 4.72. The highest BCUT2D eigenvalue weighted by atomic mass is 16.5. The standard InChI is InChI=1S/C14H15NO6/c1-9(16)15(10(2)17)13(19)8-21-14(20)7-11-3-5-12(18)6-4-11/h3-6,18H,7-8H2,1-2H3. The van der Waals surface area contributed by atoms with Crippen molar-refractivity contribution in [2.45, 2.75) is 20.3 Å². The van der Waals surface area contributed by atoms with Crippen LogP contribution in [0.3, 0.4) is 0 Å². The van der Waals surface area contributed by atoms with Crippen molar-refractivity contribution in [3.63, 3.8) is 0 Å². The highest BCUT2D eigenvalue weighted by molar-refractivity contribution is 6.10. The first-order chi connectivity index (χ1) is 9.81. The Morgan fingerprint density at radius 3 is 2.05 bits per heavy atom. The monoisotopic (exact) mass is 293 g/mol. The molecule has 7 heteroatoms. The summed E-state index contributed by atoms with van der Waals surface area (Å²) in [6, 6.07) is 5.91. The summed E-state index contributed by atoms with van der Waals surface area (Å²) in [5.74, 6) is -2.97. The van der Waals surface area contributed by atoms with E-state index in [0.29, 0.717) is 10.5 Å². The minimum Gasteiger partial charge on any atom is -0.508 e. The van der Waals surface area contributed by atoms with Crippen LogP contribution in [-0.4, -0.2) is 40.3 Å². The van der Waals surface area contributed by atoms with E-state index in [9.17, 15) is 19.2 Å². The lowest BCUT2D eigenvalue weighted by molar-refractivity contribution is -0.159. The van der Waals surface area contributed by atoms with Crippen molar-refractivity contribution in [3.05, 3.63) is 29.8 Å². The third-order valence-electron chi connectivity index (χ3n) is 2.52. The number of hydrogen-bond acceptors (Lipinski definition) is 6. The van der Waals surface area contributed by atoms with E-state index in [1.54, 1.807) is 0 Å². The average Bonchev–Trinajstić information content (AvgIpc) is 2.38. The fraction of sp³-hybridized carbons (Fsp3) is 0.286. The zero-order valence-electron chi connectivity index (χ0n) is 11.7. The Morgan fingerprint density at radius 2 is 1.57 bits per heavy atom. The van der Waals surface area contributed by atoms with Crippen molar-refractivity contribution in [1.29, 1.82) is 0 Å². The number of esters is 1. The number of carbonyl (C=O) groups is 4. The molecule has 0 radical (unpaired) electrons. The lowest BCUT2D eigenvalue weighted by Crippen LogP contribution is -2.41. The molecule has 0 spiro atoms. The molecule has 0 heterocycles. The van der Waals surface area contributed by atoms with E-state index in [4.69, 9.17) is 9.84 Å². The van der Waals surface area contributed by atoms with Gasteiger partial charge in [-0.2, -0.15) is 0 Å². The Labute approximate surface area is 121 Å². The zero-order valence-corrected chi connectivity index (χ0v) is 11.7. The van der Waals surface area contributed by atoms with Crippen LogP contribution in [0, 0.1) is 0 Å². The highest BCUT2D eigenvalue weighted by Gasteiger charge is 2.23. The Kier molecular flexibility index (Phi) is 5.59. The van der Waals surface area contributed by atoms with E-state index in [1.165, 1.54) is 24.3 Å². The van der Waals surface area contributed by atoms with Crippen molar-refractivity contribution < 1.29 is 29.0 Å². The van der Waals surface area contributed by atoms with Crippen LogP contribution in [0.25, 0.3) is 0 Å². The first-order valence-corrected chi connectivity index (χ1v) is 6.09. The number of benzene rings is 1. The molecule has 3 amide bonds. The van der Waals surface area contributed by atoms with Crippen LogP contribution < -0.4 is 0 Å². The molecule has 0 aliphatic carbocycles. The molecule has 0 unspecified atom stereocenters. The van der Waals surface area contributed by atoms with Gasteiger partial charge in [0.05, 0.1) is 6.42 Å². The average molecular weight is 293 g/mol. The van der Waals surface area contributed by atoms with E-state index >= 15 is 0 Å². The number of ether oxygens (including phenoxy) is 1. The fourth-order valence-electron chi connectivity index (χ4n) is 1.61. The Balaban J connectivity index is 2.52. The van der Waals surface area contributed by atoms with Gasteiger partial charge in [-0.1, -0.05) is 12.1 Å². The quantitative estimate of drug-likeness (QED) is 0.806. The molecule has 1 rings (SSSR count). The topological polar surface area (TPSA) is 101 Å². The van der Waals surface area contributed by atoms with E-state index in [-0.39, 0.29) is 12.2 Å². The maximum absolute atomic E-state index is 11.6. The zero-order chi connectivity index (χ0) is 16.0. The summed E-state index contributed by atoms with van der Waals surface area (Å²) >= 11 is 0. The van der Waals surface area contributed by atoms with Gasteiger partial charge in [0.25, 0.3) is 5.91 Å². The maximum Gasteiger partial charge on any atom is 0.310 e. The minimum atomic E-state index is -0.894. The van der Waals surface area contributed by atoms with Gasteiger partial charge in [-0.05, 0) is 17.7 Å². The molecular weight excluding hydrogens is 278 g/mol. The van der Waals surface area contributed by atoms with Crippen molar-refractivity contribution in [3.8, 4) is 5.75 Å². The van der Waals surface area contributed by atoms with Crippen molar-refractivity contribution in [2.75, 3.05) is 6.61 Å². The van der Waals surface area contributed by atoms with Crippen LogP contribution in [0.2, 0.25) is 0 Å². The molecule has 1 aromatic rings. The van der Waals surface area contributed by atoms with Crippen molar-refractivity contribution >= 4 is 23.7 Å². The van der Waals surface area contributed by atoms with Gasteiger partial charge in [0.1, 0.15) is 5.75 Å². The van der Waals surface area contributed by atoms with Crippen molar-refractivity contribution in [2.24, 2.45) is 0 Å². The number of amides is 3. The van der Waals surface area contributed by atoms with Crippen LogP contribution in [-0.2, 0) is 30.3 Å². The smallest absolute Gasteiger partial charge is 0.310 e. The van der Waals surface area contributed by atoms with Gasteiger partial charge in [0, 0.05) is 13.8 Å². The van der Waals surface area contributed by atoms with Crippen LogP contribution in [0.4, 0.5) is 0 Å². The van der Waals surface area contributed by atoms with Gasteiger partial charge in [0.15, 0.2) is 6.61 Å². The number of carbonyl (C=O) groups excluding carboxylic acids is 4. The number of phenolic OH excluding ortho intramolecular Hbond substituents is 1. The molecule has 1 aromatic carbocycles. The Morgan fingerprint density at radius 1 is 1.05 bits per heavy atom. The first-order valence-electron chi connectivity index (χ1n) is 6.09. The molecule has 0 aliphatic heterocycles. The Bertz CT molecular complexity index is 549. The summed E-state index contributed by atoms with van der Waals surface area (Å²) in [5.41, 5.74) is 0.597. The number of hydrogen-bond donors (Lipinski definition) is 1. The number of nitrogens with zero attached hydrogens (tertiary/aromatic N) is 1. The summed E-state index contributed by atoms with van der Waals surface area (Å²) in [6.07, 6.45) is -0.0896. The van der Waals surface area contributed by atoms with E-state index in [0.717, 1.165) is 13.8 Å². The number of aromatic hydroxyl groups is 1. The first kappa shape index (κ1) is 16.4. The molecule has 112 valence electrons. The van der Waals surface area contributed by atoms with E-state index in [2.05, 4.69) is 0 Å². The van der Waals surface area contributed by atoms with Gasteiger partial charge in [0.2, 0.25) is 11.8 Å². The van der Waals surface area contributed by atoms with E-state index < -0.39 is 30.3 Å². The van der Waals surface area contributed by atoms with Crippen LogP contribution in [0.1, 0.15) is 19.4 Å². The number of phenols is 1. The molecule has 0 atom stereocenters. The summed E-state index contributed by atoms with van der Waals surface area (Å²) in [4.78, 5) is 45.8. The lowest BCUT2D eigenvalue weighted by Gasteiger charge is -2.14. The maximum atomic E-state index is 11.6. The number of imide groups is 3. The SMILES string of the molecule is CC(=O)N(C(C)=O)C(=O)COC(=O)Cc1ccc(O)cc1. The predicted octanol–water partition coefficient (Wildman–Crippen LogP) is 0.399. The van der Waals surface area contributed by atoms with Gasteiger partial charge in [-0.15, -0.1) is 0 Å². The predicted molar refractivity (Wildman–Crippen MR) is 71.0 cm³/mol. The normalized spacial score (nSPS) is 9.81. The highest BCUT2D eigenvalue weighted by Crippen LogP contribution is 2.10. The summed E-state index contributed by atoms with van der Waals surface area (Å²) in [7, 11) is 0. The second-order valence-electron chi connectivity index (χ2n) is 4.27. The second kappa shape index (κ2) is 7.18. The largest absolute Gasteiger partial charge is 0.508 e. The molecule has 0 bridgehead atoms. The van der Waals surface area contributed by atoms with Gasteiger partial charge >= 0.3 is 5.97 Å². The van der Waals surface area contributed by atoms with E-state index in [1.807, 2.05) is 0 Å². The third kappa shape index (κ3) is 5.06. The summed E-state index contributed by atoms with van der Waals surface area (Å²) in [5, 5.41) is 9.10. The van der Waals surface area contributed by atoms with Gasteiger partial charge < -0.3 is 9.84 Å². The molecule has 0 saturated carbocycles. The summed E-state index contributed by atoms with van der Waals surface area (Å²) in [6.45, 7) is 1.45. The molecule has 21 heavy (non-hydrogen) atoms. The van der Waals surface area contributed by atoms with Crippen LogP contribution >= 0.6 is 0 Å². The third-order valence-corrected chi connectivity index (χ3v) is 2.52. The number of rotatable bonds is 4. The van der Waals surface area contributed by atoms with Crippen LogP contribution in [0.15, 0.2) is 24.3 Å². The Hall–Kier alpha value is -2.70. The van der Waals surface area contributed by atoms with Crippen molar-refractivity contribution in [1.82, 2.24) is 4.90 Å². The second-order valence-corrected chi connectivity index (χ2v) is 4.27. The molecule has 7 nitrogen and oxygen atoms in total. The van der Waals surface area contributed by atoms with Gasteiger partial charge in [-0.25, -0.2) is 4.90 Å². The molecule has 0 aliphatic rings.